The van der Waals surface area contributed by atoms with Crippen LogP contribution in [-0.2, 0) is 0 Å². The first-order chi connectivity index (χ1) is 17.9. The van der Waals surface area contributed by atoms with Gasteiger partial charge in [0, 0.05) is 41.9 Å². The molecule has 1 fully saturated rings. The van der Waals surface area contributed by atoms with Gasteiger partial charge in [0.15, 0.2) is 0 Å². The Hall–Kier alpha value is -4.54. The number of pyridine rings is 1. The molecule has 11 heteroatoms. The zero-order chi connectivity index (χ0) is 27.7. The van der Waals surface area contributed by atoms with Crippen molar-refractivity contribution in [1.82, 2.24) is 9.88 Å². The molecule has 0 radical (unpaired) electrons. The van der Waals surface area contributed by atoms with E-state index in [0.717, 1.165) is 0 Å². The van der Waals surface area contributed by atoms with Crippen molar-refractivity contribution in [3.63, 3.8) is 0 Å². The molecule has 1 aliphatic carbocycles. The maximum atomic E-state index is 12.0. The quantitative estimate of drug-likeness (QED) is 0.260. The molecule has 3 aromatic rings. The van der Waals surface area contributed by atoms with Gasteiger partial charge in [0.25, 0.3) is 11.4 Å². The van der Waals surface area contributed by atoms with Crippen LogP contribution in [-0.4, -0.2) is 49.6 Å². The Kier molecular flexibility index (Phi) is 7.03. The van der Waals surface area contributed by atoms with Crippen LogP contribution >= 0.6 is 0 Å². The van der Waals surface area contributed by atoms with E-state index in [0.29, 0.717) is 47.5 Å². The lowest BCUT2D eigenvalue weighted by Crippen LogP contribution is -2.48. The molecule has 0 bridgehead atoms. The van der Waals surface area contributed by atoms with Gasteiger partial charge in [-0.15, -0.1) is 0 Å². The van der Waals surface area contributed by atoms with Crippen LogP contribution in [0.15, 0.2) is 60.8 Å². The third kappa shape index (κ3) is 5.88. The summed E-state index contributed by atoms with van der Waals surface area (Å²) in [5, 5.41) is 32.0. The summed E-state index contributed by atoms with van der Waals surface area (Å²) in [4.78, 5) is 39.3. The van der Waals surface area contributed by atoms with E-state index in [1.165, 1.54) is 35.4 Å². The third-order valence-corrected chi connectivity index (χ3v) is 6.37. The first-order valence-corrected chi connectivity index (χ1v) is 12.0. The minimum absolute atomic E-state index is 0.0569. The number of ether oxygens (including phenoxy) is 1. The fraction of sp³-hybridized carbons (Fsp3) is 0.333. The molecule has 198 valence electrons. The van der Waals surface area contributed by atoms with Crippen LogP contribution < -0.4 is 4.74 Å². The molecule has 1 N–H and O–H groups in total. The molecule has 4 rings (SSSR count). The molecule has 1 saturated carbocycles. The molecule has 1 aromatic heterocycles. The van der Waals surface area contributed by atoms with E-state index in [9.17, 15) is 30.1 Å². The summed E-state index contributed by atoms with van der Waals surface area (Å²) in [5.74, 6) is 0.413. The SMILES string of the molecule is CC(C)(C)CN(C(=O)O)C1(COc2cnc(-c3ccc([N+](=O)[O-])cc3)c(-c3ccc([N+](=O)[O-])cc3)c2)CC1. The number of amides is 1. The number of carboxylic acid groups (broad SMARTS) is 1. The van der Waals surface area contributed by atoms with Crippen molar-refractivity contribution in [2.24, 2.45) is 5.41 Å². The van der Waals surface area contributed by atoms with Gasteiger partial charge in [-0.2, -0.15) is 0 Å². The van der Waals surface area contributed by atoms with Gasteiger partial charge in [-0.3, -0.25) is 30.1 Å². The number of rotatable bonds is 9. The van der Waals surface area contributed by atoms with Gasteiger partial charge in [-0.25, -0.2) is 4.79 Å². The molecule has 38 heavy (non-hydrogen) atoms. The minimum atomic E-state index is -0.987. The number of nitrogens with zero attached hydrogens (tertiary/aromatic N) is 4. The molecule has 1 amide bonds. The minimum Gasteiger partial charge on any atom is -0.490 e. The van der Waals surface area contributed by atoms with Gasteiger partial charge >= 0.3 is 6.09 Å². The fourth-order valence-corrected chi connectivity index (χ4v) is 4.25. The van der Waals surface area contributed by atoms with Crippen LogP contribution in [0.3, 0.4) is 0 Å². The first-order valence-electron chi connectivity index (χ1n) is 12.0. The van der Waals surface area contributed by atoms with Crippen molar-refractivity contribution in [2.45, 2.75) is 39.2 Å². The molecular formula is C27H28N4O7. The lowest BCUT2D eigenvalue weighted by atomic mass is 9.95. The summed E-state index contributed by atoms with van der Waals surface area (Å²) in [6.07, 6.45) is 1.92. The number of nitro benzene ring substituents is 2. The van der Waals surface area contributed by atoms with E-state index >= 15 is 0 Å². The second kappa shape index (κ2) is 10.1. The average molecular weight is 521 g/mol. The maximum absolute atomic E-state index is 12.0. The predicted octanol–water partition coefficient (Wildman–Crippen LogP) is 6.17. The zero-order valence-corrected chi connectivity index (χ0v) is 21.3. The second-order valence-electron chi connectivity index (χ2n) is 10.6. The van der Waals surface area contributed by atoms with Crippen molar-refractivity contribution in [3.05, 3.63) is 81.0 Å². The van der Waals surface area contributed by atoms with Gasteiger partial charge in [0.1, 0.15) is 12.4 Å². The Morgan fingerprint density at radius 2 is 1.53 bits per heavy atom. The van der Waals surface area contributed by atoms with Crippen molar-refractivity contribution in [2.75, 3.05) is 13.2 Å². The Labute approximate surface area is 219 Å². The molecule has 1 aliphatic rings. The van der Waals surface area contributed by atoms with E-state index in [1.54, 1.807) is 30.3 Å². The number of carbonyl (C=O) groups is 1. The molecular weight excluding hydrogens is 492 g/mol. The topological polar surface area (TPSA) is 149 Å². The van der Waals surface area contributed by atoms with Crippen LogP contribution in [0.2, 0.25) is 0 Å². The van der Waals surface area contributed by atoms with Gasteiger partial charge in [-0.1, -0.05) is 20.8 Å². The second-order valence-corrected chi connectivity index (χ2v) is 10.6. The fourth-order valence-electron chi connectivity index (χ4n) is 4.25. The average Bonchev–Trinajstić information content (AvgIpc) is 3.66. The molecule has 2 aromatic carbocycles. The molecule has 0 spiro atoms. The van der Waals surface area contributed by atoms with Crippen LogP contribution in [0.5, 0.6) is 5.75 Å². The molecule has 0 saturated heterocycles. The van der Waals surface area contributed by atoms with E-state index in [4.69, 9.17) is 4.74 Å². The van der Waals surface area contributed by atoms with Crippen molar-refractivity contribution in [3.8, 4) is 28.1 Å². The monoisotopic (exact) mass is 520 g/mol. The number of aromatic nitrogens is 1. The van der Waals surface area contributed by atoms with E-state index < -0.39 is 21.5 Å². The highest BCUT2D eigenvalue weighted by atomic mass is 16.6. The standard InChI is InChI=1S/C27H28N4O7/c1-26(2,3)16-29(25(32)33)27(12-13-27)17-38-22-14-23(18-4-8-20(9-5-18)30(34)35)24(28-15-22)19-6-10-21(11-7-19)31(36)37/h4-11,14-15H,12-13,16-17H2,1-3H3,(H,32,33). The van der Waals surface area contributed by atoms with Crippen LogP contribution in [0.25, 0.3) is 22.4 Å². The summed E-state index contributed by atoms with van der Waals surface area (Å²) in [7, 11) is 0. The van der Waals surface area contributed by atoms with E-state index in [2.05, 4.69) is 4.98 Å². The Morgan fingerprint density at radius 3 is 1.97 bits per heavy atom. The van der Waals surface area contributed by atoms with Gasteiger partial charge in [0.2, 0.25) is 0 Å². The number of hydrogen-bond donors (Lipinski definition) is 1. The van der Waals surface area contributed by atoms with Crippen molar-refractivity contribution >= 4 is 17.5 Å². The number of non-ortho nitro benzene ring substituents is 2. The van der Waals surface area contributed by atoms with Crippen LogP contribution in [0.1, 0.15) is 33.6 Å². The largest absolute Gasteiger partial charge is 0.490 e. The highest BCUT2D eigenvalue weighted by Crippen LogP contribution is 2.44. The molecule has 1 heterocycles. The third-order valence-electron chi connectivity index (χ3n) is 6.37. The Morgan fingerprint density at radius 1 is 1.00 bits per heavy atom. The van der Waals surface area contributed by atoms with Crippen LogP contribution in [0, 0.1) is 25.6 Å². The highest BCUT2D eigenvalue weighted by molar-refractivity contribution is 5.82. The summed E-state index contributed by atoms with van der Waals surface area (Å²) in [5.41, 5.74) is 1.45. The Bertz CT molecular complexity index is 1360. The molecule has 0 aliphatic heterocycles. The highest BCUT2D eigenvalue weighted by Gasteiger charge is 2.52. The van der Waals surface area contributed by atoms with E-state index in [-0.39, 0.29) is 23.4 Å². The normalized spacial score (nSPS) is 14.0. The molecule has 0 unspecified atom stereocenters. The first kappa shape index (κ1) is 26.5. The summed E-state index contributed by atoms with van der Waals surface area (Å²) in [6, 6.07) is 13.7. The number of nitro groups is 2. The van der Waals surface area contributed by atoms with Gasteiger partial charge in [0.05, 0.1) is 27.3 Å². The zero-order valence-electron chi connectivity index (χ0n) is 21.3. The predicted molar refractivity (Wildman–Crippen MR) is 140 cm³/mol. The lowest BCUT2D eigenvalue weighted by Gasteiger charge is -2.34. The maximum Gasteiger partial charge on any atom is 0.407 e. The summed E-state index contributed by atoms with van der Waals surface area (Å²) < 4.78 is 6.08. The van der Waals surface area contributed by atoms with Crippen molar-refractivity contribution in [1.29, 1.82) is 0 Å². The van der Waals surface area contributed by atoms with E-state index in [1.807, 2.05) is 20.8 Å². The number of benzene rings is 2. The van der Waals surface area contributed by atoms with Gasteiger partial charge in [-0.05, 0) is 54.2 Å². The van der Waals surface area contributed by atoms with Crippen molar-refractivity contribution < 1.29 is 24.5 Å². The molecule has 11 nitrogen and oxygen atoms in total. The van der Waals surface area contributed by atoms with Gasteiger partial charge < -0.3 is 9.84 Å². The van der Waals surface area contributed by atoms with Crippen LogP contribution in [0.4, 0.5) is 16.2 Å². The molecule has 0 atom stereocenters. The lowest BCUT2D eigenvalue weighted by molar-refractivity contribution is -0.385. The Balaban J connectivity index is 1.66. The summed E-state index contributed by atoms with van der Waals surface area (Å²) >= 11 is 0. The summed E-state index contributed by atoms with van der Waals surface area (Å²) in [6.45, 7) is 6.48. The number of hydrogen-bond acceptors (Lipinski definition) is 7. The smallest absolute Gasteiger partial charge is 0.407 e.